The Bertz CT molecular complexity index is 1390. The van der Waals surface area contributed by atoms with Crippen molar-refractivity contribution in [3.8, 4) is 5.69 Å². The molecule has 0 saturated heterocycles. The van der Waals surface area contributed by atoms with Crippen LogP contribution >= 0.6 is 0 Å². The number of Topliss-reactive ketones (excluding diaryl/α,β-unsaturated/α-hetero) is 1. The Balaban J connectivity index is 1.43. The number of ketones is 1. The number of hydrogen-bond donors (Lipinski definition) is 3. The molecule has 2 aliphatic rings. The fourth-order valence-corrected chi connectivity index (χ4v) is 4.69. The van der Waals surface area contributed by atoms with Gasteiger partial charge in [0.15, 0.2) is 15.6 Å². The quantitative estimate of drug-likeness (QED) is 0.539. The summed E-state index contributed by atoms with van der Waals surface area (Å²) in [6.45, 7) is 2.02. The maximum absolute atomic E-state index is 13.2. The number of allylic oxidation sites excluding steroid dienone is 1. The van der Waals surface area contributed by atoms with Gasteiger partial charge in [0.1, 0.15) is 5.82 Å². The van der Waals surface area contributed by atoms with E-state index in [1.165, 1.54) is 12.5 Å². The van der Waals surface area contributed by atoms with Crippen molar-refractivity contribution in [1.29, 1.82) is 0 Å². The first-order valence-electron chi connectivity index (χ1n) is 9.80. The van der Waals surface area contributed by atoms with Gasteiger partial charge in [0.05, 0.1) is 39.9 Å². The number of nitrogens with zero attached hydrogens (tertiary/aromatic N) is 2. The lowest BCUT2D eigenvalue weighted by atomic mass is 10.0. The second kappa shape index (κ2) is 6.71. The maximum Gasteiger partial charge on any atom is 0.194 e. The van der Waals surface area contributed by atoms with Crippen LogP contribution in [0.5, 0.6) is 0 Å². The maximum atomic E-state index is 13.2. The number of nitrogens with one attached hydrogen (secondary N) is 2. The summed E-state index contributed by atoms with van der Waals surface area (Å²) >= 11 is 0. The van der Waals surface area contributed by atoms with E-state index < -0.39 is 9.84 Å². The molecule has 1 aliphatic heterocycles. The highest BCUT2D eigenvalue weighted by Crippen LogP contribution is 2.33. The summed E-state index contributed by atoms with van der Waals surface area (Å²) in [5.74, 6) is 0.0491. The standard InChI is InChI=1S/C22H21N5O3S/c1-12-25-19-6-4-16(10-20(19)26-12)27-22(23)18(11-24-27)21(28)15-7-13-3-5-17(31(2,29)30)9-14(13)8-15/h3-7,9-12,25-26H,8,23H2,1-2H3. The molecule has 0 radical (unpaired) electrons. The molecule has 4 N–H and O–H groups in total. The molecule has 8 nitrogen and oxygen atoms in total. The van der Waals surface area contributed by atoms with Gasteiger partial charge < -0.3 is 16.4 Å². The molecule has 1 atom stereocenters. The molecule has 0 bridgehead atoms. The molecule has 0 amide bonds. The molecule has 2 aromatic carbocycles. The molecule has 0 fully saturated rings. The molecule has 0 saturated carbocycles. The molecule has 0 spiro atoms. The second-order valence-electron chi connectivity index (χ2n) is 7.90. The van der Waals surface area contributed by atoms with E-state index in [-0.39, 0.29) is 22.7 Å². The van der Waals surface area contributed by atoms with E-state index in [0.717, 1.165) is 28.2 Å². The van der Waals surface area contributed by atoms with Gasteiger partial charge in [-0.25, -0.2) is 13.1 Å². The highest BCUT2D eigenvalue weighted by molar-refractivity contribution is 7.90. The number of fused-ring (bicyclic) bond motifs is 2. The molecular formula is C22H21N5O3S. The van der Waals surface area contributed by atoms with Crippen molar-refractivity contribution < 1.29 is 13.2 Å². The van der Waals surface area contributed by atoms with Crippen LogP contribution in [-0.4, -0.2) is 36.4 Å². The number of nitrogens with two attached hydrogens (primary N) is 1. The van der Waals surface area contributed by atoms with E-state index in [2.05, 4.69) is 15.7 Å². The van der Waals surface area contributed by atoms with Gasteiger partial charge in [-0.15, -0.1) is 0 Å². The summed E-state index contributed by atoms with van der Waals surface area (Å²) in [5, 5.41) is 11.0. The van der Waals surface area contributed by atoms with E-state index in [9.17, 15) is 13.2 Å². The minimum absolute atomic E-state index is 0.136. The first-order chi connectivity index (χ1) is 14.7. The summed E-state index contributed by atoms with van der Waals surface area (Å²) in [6, 6.07) is 10.7. The highest BCUT2D eigenvalue weighted by Gasteiger charge is 2.25. The van der Waals surface area contributed by atoms with Crippen LogP contribution in [0.25, 0.3) is 11.8 Å². The Hall–Kier alpha value is -3.59. The first-order valence-corrected chi connectivity index (χ1v) is 11.7. The van der Waals surface area contributed by atoms with Crippen LogP contribution in [0.2, 0.25) is 0 Å². The molecule has 2 heterocycles. The van der Waals surface area contributed by atoms with Gasteiger partial charge in [-0.2, -0.15) is 5.10 Å². The third-order valence-corrected chi connectivity index (χ3v) is 6.70. The first kappa shape index (κ1) is 19.4. The molecule has 31 heavy (non-hydrogen) atoms. The Labute approximate surface area is 179 Å². The zero-order chi connectivity index (χ0) is 21.9. The van der Waals surface area contributed by atoms with Gasteiger partial charge in [-0.05, 0) is 54.5 Å². The summed E-state index contributed by atoms with van der Waals surface area (Å²) < 4.78 is 25.2. The zero-order valence-electron chi connectivity index (χ0n) is 17.0. The van der Waals surface area contributed by atoms with Crippen LogP contribution in [0, 0.1) is 0 Å². The molecule has 1 aliphatic carbocycles. The van der Waals surface area contributed by atoms with Gasteiger partial charge in [-0.3, -0.25) is 4.79 Å². The average molecular weight is 436 g/mol. The lowest BCUT2D eigenvalue weighted by Gasteiger charge is -2.07. The molecule has 5 rings (SSSR count). The van der Waals surface area contributed by atoms with Crippen molar-refractivity contribution in [2.24, 2.45) is 0 Å². The molecule has 1 aromatic heterocycles. The molecule has 158 valence electrons. The van der Waals surface area contributed by atoms with Crippen molar-refractivity contribution in [3.05, 3.63) is 64.9 Å². The smallest absolute Gasteiger partial charge is 0.194 e. The molecular weight excluding hydrogens is 414 g/mol. The largest absolute Gasteiger partial charge is 0.383 e. The average Bonchev–Trinajstić information content (AvgIpc) is 3.40. The number of aromatic nitrogens is 2. The third-order valence-electron chi connectivity index (χ3n) is 5.59. The van der Waals surface area contributed by atoms with Crippen LogP contribution in [-0.2, 0) is 16.3 Å². The number of benzene rings is 2. The predicted octanol–water partition coefficient (Wildman–Crippen LogP) is 2.86. The lowest BCUT2D eigenvalue weighted by molar-refractivity contribution is 0.103. The number of carbonyl (C=O) groups is 1. The van der Waals surface area contributed by atoms with E-state index in [1.54, 1.807) is 29.0 Å². The van der Waals surface area contributed by atoms with E-state index in [1.807, 2.05) is 25.1 Å². The van der Waals surface area contributed by atoms with Crippen molar-refractivity contribution in [3.63, 3.8) is 0 Å². The summed E-state index contributed by atoms with van der Waals surface area (Å²) in [7, 11) is -3.31. The minimum Gasteiger partial charge on any atom is -0.383 e. The number of carbonyl (C=O) groups excluding carboxylic acids is 1. The van der Waals surface area contributed by atoms with E-state index in [4.69, 9.17) is 5.73 Å². The topological polar surface area (TPSA) is 119 Å². The third kappa shape index (κ3) is 3.27. The Kier molecular flexibility index (Phi) is 4.19. The number of rotatable bonds is 4. The van der Waals surface area contributed by atoms with Crippen LogP contribution in [0.3, 0.4) is 0 Å². The fourth-order valence-electron chi connectivity index (χ4n) is 4.02. The van der Waals surface area contributed by atoms with Gasteiger partial charge in [0.2, 0.25) is 0 Å². The zero-order valence-corrected chi connectivity index (χ0v) is 17.8. The summed E-state index contributed by atoms with van der Waals surface area (Å²) in [5.41, 5.74) is 11.5. The summed E-state index contributed by atoms with van der Waals surface area (Å²) in [4.78, 5) is 13.4. The number of sulfone groups is 1. The van der Waals surface area contributed by atoms with Crippen LogP contribution in [0.1, 0.15) is 28.4 Å². The van der Waals surface area contributed by atoms with E-state index >= 15 is 0 Å². The van der Waals surface area contributed by atoms with Gasteiger partial charge in [0, 0.05) is 18.2 Å². The predicted molar refractivity (Wildman–Crippen MR) is 120 cm³/mol. The van der Waals surface area contributed by atoms with Crippen molar-refractivity contribution in [2.75, 3.05) is 22.6 Å². The second-order valence-corrected chi connectivity index (χ2v) is 9.92. The normalized spacial score (nSPS) is 16.8. The lowest BCUT2D eigenvalue weighted by Crippen LogP contribution is -2.16. The number of anilines is 3. The highest BCUT2D eigenvalue weighted by atomic mass is 32.2. The Morgan fingerprint density at radius 2 is 1.94 bits per heavy atom. The molecule has 9 heteroatoms. The summed E-state index contributed by atoms with van der Waals surface area (Å²) in [6.07, 6.45) is 4.92. The van der Waals surface area contributed by atoms with Gasteiger partial charge >= 0.3 is 0 Å². The minimum atomic E-state index is -3.31. The van der Waals surface area contributed by atoms with Crippen molar-refractivity contribution >= 4 is 38.9 Å². The van der Waals surface area contributed by atoms with Crippen LogP contribution in [0.15, 0.2) is 53.1 Å². The monoisotopic (exact) mass is 435 g/mol. The number of hydrogen-bond acceptors (Lipinski definition) is 7. The van der Waals surface area contributed by atoms with E-state index in [0.29, 0.717) is 17.6 Å². The molecule has 1 unspecified atom stereocenters. The van der Waals surface area contributed by atoms with Gasteiger partial charge in [-0.1, -0.05) is 6.07 Å². The number of nitrogen functional groups attached to an aromatic ring is 1. The molecule has 3 aromatic rings. The van der Waals surface area contributed by atoms with Crippen LogP contribution < -0.4 is 16.4 Å². The SMILES string of the molecule is CC1Nc2ccc(-n3ncc(C(=O)C4=Cc5ccc(S(C)(=O)=O)cc5C4)c3N)cc2N1. The fraction of sp³-hybridized carbons (Fsp3) is 0.182. The van der Waals surface area contributed by atoms with Crippen LogP contribution in [0.4, 0.5) is 17.2 Å². The Morgan fingerprint density at radius 3 is 2.71 bits per heavy atom. The van der Waals surface area contributed by atoms with Crippen molar-refractivity contribution in [1.82, 2.24) is 9.78 Å². The Morgan fingerprint density at radius 1 is 1.16 bits per heavy atom. The van der Waals surface area contributed by atoms with Crippen molar-refractivity contribution in [2.45, 2.75) is 24.4 Å². The van der Waals surface area contributed by atoms with Gasteiger partial charge in [0.25, 0.3) is 0 Å².